The minimum Gasteiger partial charge on any atom is -0.488 e. The Labute approximate surface area is 178 Å². The Balaban J connectivity index is 0.00000240. The molecule has 5 heteroatoms. The van der Waals surface area contributed by atoms with E-state index in [0.717, 1.165) is 42.8 Å². The van der Waals surface area contributed by atoms with Crippen LogP contribution in [-0.2, 0) is 16.1 Å². The molecule has 0 saturated carbocycles. The molecule has 4 nitrogen and oxygen atoms in total. The highest BCUT2D eigenvalue weighted by Gasteiger charge is 2.24. The van der Waals surface area contributed by atoms with Crippen molar-refractivity contribution in [2.45, 2.75) is 19.4 Å². The fourth-order valence-corrected chi connectivity index (χ4v) is 3.91. The highest BCUT2D eigenvalue weighted by molar-refractivity contribution is 5.90. The molecular weight excluding hydrogens is 386 g/mol. The number of carbonyl (C=O) groups excluding carboxylic acids is 1. The summed E-state index contributed by atoms with van der Waals surface area (Å²) in [6.45, 7) is 2.70. The zero-order chi connectivity index (χ0) is 19.5. The van der Waals surface area contributed by atoms with E-state index in [4.69, 9.17) is 9.47 Å². The molecule has 2 aliphatic heterocycles. The first-order valence-electron chi connectivity index (χ1n) is 9.68. The van der Waals surface area contributed by atoms with Crippen molar-refractivity contribution in [2.75, 3.05) is 27.2 Å². The van der Waals surface area contributed by atoms with E-state index in [1.165, 1.54) is 35.5 Å². The second-order valence-electron chi connectivity index (χ2n) is 7.34. The van der Waals surface area contributed by atoms with Crippen LogP contribution in [0.3, 0.4) is 0 Å². The van der Waals surface area contributed by atoms with E-state index in [9.17, 15) is 4.79 Å². The van der Waals surface area contributed by atoms with E-state index in [0.29, 0.717) is 6.61 Å². The van der Waals surface area contributed by atoms with Crippen LogP contribution in [0.2, 0.25) is 0 Å². The van der Waals surface area contributed by atoms with Crippen LogP contribution in [0.5, 0.6) is 5.75 Å². The summed E-state index contributed by atoms with van der Waals surface area (Å²) in [5, 5.41) is 0. The summed E-state index contributed by atoms with van der Waals surface area (Å²) in [5.74, 6) is 0.540. The fraction of sp³-hybridized carbons (Fsp3) is 0.292. The van der Waals surface area contributed by atoms with Crippen molar-refractivity contribution in [1.82, 2.24) is 4.90 Å². The minimum atomic E-state index is -0.356. The molecule has 0 aliphatic carbocycles. The molecule has 2 aromatic rings. The van der Waals surface area contributed by atoms with E-state index in [-0.39, 0.29) is 18.4 Å². The third kappa shape index (κ3) is 4.55. The van der Waals surface area contributed by atoms with Gasteiger partial charge in [-0.15, -0.1) is 12.4 Å². The van der Waals surface area contributed by atoms with E-state index < -0.39 is 0 Å². The summed E-state index contributed by atoms with van der Waals surface area (Å²) in [6.07, 6.45) is 5.36. The predicted molar refractivity (Wildman–Crippen MR) is 118 cm³/mol. The number of piperidine rings is 1. The van der Waals surface area contributed by atoms with Gasteiger partial charge < -0.3 is 14.4 Å². The summed E-state index contributed by atoms with van der Waals surface area (Å²) in [4.78, 5) is 13.9. The molecule has 1 fully saturated rings. The number of methoxy groups -OCH3 is 1. The number of fused-ring (bicyclic) bond motifs is 2. The molecule has 0 aromatic heterocycles. The van der Waals surface area contributed by atoms with Gasteiger partial charge in [0.05, 0.1) is 7.11 Å². The molecule has 152 valence electrons. The van der Waals surface area contributed by atoms with Crippen LogP contribution in [0.15, 0.2) is 54.1 Å². The number of hydrogen-bond acceptors (Lipinski definition) is 4. The molecule has 0 N–H and O–H groups in total. The summed E-state index contributed by atoms with van der Waals surface area (Å²) in [6, 6.07) is 14.6. The van der Waals surface area contributed by atoms with Gasteiger partial charge in [0, 0.05) is 24.7 Å². The van der Waals surface area contributed by atoms with E-state index in [1.54, 1.807) is 6.08 Å². The molecule has 2 aromatic carbocycles. The first-order valence-corrected chi connectivity index (χ1v) is 9.68. The molecule has 0 unspecified atom stereocenters. The number of halogens is 1. The first kappa shape index (κ1) is 21.2. The van der Waals surface area contributed by atoms with E-state index in [2.05, 4.69) is 42.3 Å². The van der Waals surface area contributed by atoms with Crippen LogP contribution in [0.25, 0.3) is 11.6 Å². The molecule has 0 spiro atoms. The van der Waals surface area contributed by atoms with Gasteiger partial charge in [0.15, 0.2) is 0 Å². The Bertz CT molecular complexity index is 954. The zero-order valence-corrected chi connectivity index (χ0v) is 17.6. The number of carbonyl (C=O) groups is 1. The molecule has 29 heavy (non-hydrogen) atoms. The molecule has 0 atom stereocenters. The van der Waals surface area contributed by atoms with Gasteiger partial charge in [-0.1, -0.05) is 35.9 Å². The number of esters is 1. The molecule has 1 saturated heterocycles. The van der Waals surface area contributed by atoms with Crippen molar-refractivity contribution in [3.05, 3.63) is 76.4 Å². The lowest BCUT2D eigenvalue weighted by Gasteiger charge is -2.27. The van der Waals surface area contributed by atoms with Crippen LogP contribution in [0, 0.1) is 0 Å². The van der Waals surface area contributed by atoms with Gasteiger partial charge in [-0.3, -0.25) is 0 Å². The van der Waals surface area contributed by atoms with Crippen molar-refractivity contribution in [3.63, 3.8) is 0 Å². The summed E-state index contributed by atoms with van der Waals surface area (Å²) < 4.78 is 10.9. The highest BCUT2D eigenvalue weighted by atomic mass is 35.5. The summed E-state index contributed by atoms with van der Waals surface area (Å²) in [7, 11) is 3.56. The molecule has 0 bridgehead atoms. The first-order chi connectivity index (χ1) is 13.7. The predicted octanol–water partition coefficient (Wildman–Crippen LogP) is 4.71. The van der Waals surface area contributed by atoms with E-state index in [1.807, 2.05) is 12.1 Å². The smallest absolute Gasteiger partial charge is 0.330 e. The number of rotatable bonds is 2. The number of likely N-dealkylation sites (tertiary alicyclic amines) is 1. The van der Waals surface area contributed by atoms with Gasteiger partial charge >= 0.3 is 5.97 Å². The maximum absolute atomic E-state index is 11.5. The Hall–Kier alpha value is -2.56. The van der Waals surface area contributed by atoms with Crippen molar-refractivity contribution in [1.29, 1.82) is 0 Å². The second kappa shape index (κ2) is 9.29. The summed E-state index contributed by atoms with van der Waals surface area (Å²) in [5.41, 5.74) is 7.31. The average Bonchev–Trinajstić information content (AvgIpc) is 2.89. The molecule has 0 radical (unpaired) electrons. The fourth-order valence-electron chi connectivity index (χ4n) is 3.91. The van der Waals surface area contributed by atoms with Gasteiger partial charge in [-0.2, -0.15) is 0 Å². The SMILES string of the molecule is COC(=O)C=Cc1ccc2c(c1)C(=C1CCN(C)CC1)c1ccccc1CO2.Cl. The topological polar surface area (TPSA) is 38.8 Å². The van der Waals surface area contributed by atoms with Crippen molar-refractivity contribution in [3.8, 4) is 5.75 Å². The second-order valence-corrected chi connectivity index (χ2v) is 7.34. The number of hydrogen-bond donors (Lipinski definition) is 0. The lowest BCUT2D eigenvalue weighted by molar-refractivity contribution is -0.134. The number of benzene rings is 2. The van der Waals surface area contributed by atoms with Gasteiger partial charge in [0.1, 0.15) is 12.4 Å². The van der Waals surface area contributed by atoms with Gasteiger partial charge in [-0.05, 0) is 60.4 Å². The summed E-state index contributed by atoms with van der Waals surface area (Å²) >= 11 is 0. The third-order valence-electron chi connectivity index (χ3n) is 5.50. The van der Waals surface area contributed by atoms with Gasteiger partial charge in [0.25, 0.3) is 0 Å². The maximum Gasteiger partial charge on any atom is 0.330 e. The Morgan fingerprint density at radius 3 is 2.62 bits per heavy atom. The molecule has 0 amide bonds. The van der Waals surface area contributed by atoms with Crippen molar-refractivity contribution >= 4 is 30.0 Å². The maximum atomic E-state index is 11.5. The van der Waals surface area contributed by atoms with Crippen LogP contribution < -0.4 is 4.74 Å². The quantitative estimate of drug-likeness (QED) is 0.529. The van der Waals surface area contributed by atoms with Gasteiger partial charge in [-0.25, -0.2) is 4.79 Å². The lowest BCUT2D eigenvalue weighted by Crippen LogP contribution is -2.27. The lowest BCUT2D eigenvalue weighted by atomic mass is 9.86. The highest BCUT2D eigenvalue weighted by Crippen LogP contribution is 2.41. The molecular formula is C24H26ClNO3. The Morgan fingerprint density at radius 2 is 1.86 bits per heavy atom. The monoisotopic (exact) mass is 411 g/mol. The Kier molecular flexibility index (Phi) is 6.78. The molecule has 4 rings (SSSR count). The average molecular weight is 412 g/mol. The largest absolute Gasteiger partial charge is 0.488 e. The van der Waals surface area contributed by atoms with Crippen LogP contribution in [0.4, 0.5) is 0 Å². The number of ether oxygens (including phenoxy) is 2. The Morgan fingerprint density at radius 1 is 1.10 bits per heavy atom. The van der Waals surface area contributed by atoms with Crippen LogP contribution in [0.1, 0.15) is 35.1 Å². The number of nitrogens with zero attached hydrogens (tertiary/aromatic N) is 1. The minimum absolute atomic E-state index is 0. The third-order valence-corrected chi connectivity index (χ3v) is 5.50. The van der Waals surface area contributed by atoms with E-state index >= 15 is 0 Å². The van der Waals surface area contributed by atoms with Gasteiger partial charge in [0.2, 0.25) is 0 Å². The normalized spacial score (nSPS) is 16.3. The zero-order valence-electron chi connectivity index (χ0n) is 16.8. The standard InChI is InChI=1S/C24H25NO3.ClH/c1-25-13-11-18(12-14-25)24-20-6-4-3-5-19(20)16-28-22-9-7-17(15-21(22)24)8-10-23(26)27-2;/h3-10,15H,11-14,16H2,1-2H3;1H. The van der Waals surface area contributed by atoms with Crippen molar-refractivity contribution < 1.29 is 14.3 Å². The van der Waals surface area contributed by atoms with Crippen molar-refractivity contribution in [2.24, 2.45) is 0 Å². The van der Waals surface area contributed by atoms with Crippen LogP contribution >= 0.6 is 12.4 Å². The molecule has 2 heterocycles. The molecule has 2 aliphatic rings. The van der Waals surface area contributed by atoms with Crippen LogP contribution in [-0.4, -0.2) is 38.1 Å².